The van der Waals surface area contributed by atoms with Gasteiger partial charge in [0.15, 0.2) is 5.82 Å². The minimum absolute atomic E-state index is 0.0193. The maximum Gasteiger partial charge on any atom is 0.451 e. The topological polar surface area (TPSA) is 75.1 Å². The number of amides is 1. The molecule has 11 heteroatoms. The summed E-state index contributed by atoms with van der Waals surface area (Å²) < 4.78 is 40.0. The van der Waals surface area contributed by atoms with Crippen molar-refractivity contribution in [1.29, 1.82) is 0 Å². The van der Waals surface area contributed by atoms with E-state index in [-0.39, 0.29) is 55.8 Å². The average molecular weight is 429 g/mol. The number of hydrazine groups is 1. The number of nitrogens with one attached hydrogen (secondary N) is 2. The smallest absolute Gasteiger partial charge is 0.333 e. The summed E-state index contributed by atoms with van der Waals surface area (Å²) in [7, 11) is 0. The van der Waals surface area contributed by atoms with Crippen LogP contribution in [0, 0.1) is 5.92 Å². The molecule has 2 aromatic rings. The molecule has 3 atom stereocenters. The Bertz CT molecular complexity index is 900. The Morgan fingerprint density at radius 1 is 1.21 bits per heavy atom. The number of benzene rings is 1. The fourth-order valence-corrected chi connectivity index (χ4v) is 4.06. The van der Waals surface area contributed by atoms with Crippen molar-refractivity contribution in [2.45, 2.75) is 44.7 Å². The van der Waals surface area contributed by atoms with Crippen molar-refractivity contribution in [3.8, 4) is 0 Å². The molecule has 1 saturated heterocycles. The molecule has 0 radical (unpaired) electrons. The summed E-state index contributed by atoms with van der Waals surface area (Å²) in [6, 6.07) is 7.41. The highest BCUT2D eigenvalue weighted by atomic mass is 35.5. The summed E-state index contributed by atoms with van der Waals surface area (Å²) in [5, 5.41) is 7.53. The minimum atomic E-state index is -4.56. The van der Waals surface area contributed by atoms with Gasteiger partial charge in [-0.3, -0.25) is 10.2 Å². The zero-order chi connectivity index (χ0) is 20.8. The Kier molecular flexibility index (Phi) is 5.26. The number of hydrogen-bond donors (Lipinski definition) is 2. The van der Waals surface area contributed by atoms with Gasteiger partial charge in [-0.05, 0) is 24.6 Å². The largest absolute Gasteiger partial charge is 0.451 e. The Balaban J connectivity index is 1.46. The van der Waals surface area contributed by atoms with Crippen LogP contribution in [0.4, 0.5) is 13.2 Å². The van der Waals surface area contributed by atoms with E-state index in [1.165, 1.54) is 0 Å². The highest BCUT2D eigenvalue weighted by molar-refractivity contribution is 6.30. The second-order valence-electron chi connectivity index (χ2n) is 7.38. The second-order valence-corrected chi connectivity index (χ2v) is 7.82. The number of halogens is 4. The lowest BCUT2D eigenvalue weighted by Crippen LogP contribution is -2.41. The van der Waals surface area contributed by atoms with Gasteiger partial charge in [0.05, 0.1) is 12.6 Å². The molecule has 2 aliphatic rings. The normalized spacial score (nSPS) is 24.6. The van der Waals surface area contributed by atoms with E-state index >= 15 is 0 Å². The third kappa shape index (κ3) is 3.96. The SMILES string of the molecule is CC1NNC(c2ccc(Cl)cc2)C1CC(=O)N1CCn2c(nnc2C(F)(F)F)C1. The maximum absolute atomic E-state index is 13.0. The van der Waals surface area contributed by atoms with E-state index in [2.05, 4.69) is 21.0 Å². The van der Waals surface area contributed by atoms with Gasteiger partial charge in [-0.15, -0.1) is 10.2 Å². The van der Waals surface area contributed by atoms with Crippen molar-refractivity contribution in [2.75, 3.05) is 6.54 Å². The van der Waals surface area contributed by atoms with Crippen LogP contribution >= 0.6 is 11.6 Å². The summed E-state index contributed by atoms with van der Waals surface area (Å²) in [6.45, 7) is 2.24. The quantitative estimate of drug-likeness (QED) is 0.786. The number of aromatic nitrogens is 3. The third-order valence-electron chi connectivity index (χ3n) is 5.54. The number of alkyl halides is 3. The molecule has 7 nitrogen and oxygen atoms in total. The van der Waals surface area contributed by atoms with Crippen LogP contribution in [0.25, 0.3) is 0 Å². The molecule has 0 spiro atoms. The first kappa shape index (κ1) is 20.1. The zero-order valence-electron chi connectivity index (χ0n) is 15.6. The van der Waals surface area contributed by atoms with Gasteiger partial charge in [0.1, 0.15) is 0 Å². The lowest BCUT2D eigenvalue weighted by molar-refractivity contribution is -0.148. The van der Waals surface area contributed by atoms with Crippen LogP contribution in [-0.4, -0.2) is 38.2 Å². The predicted octanol–water partition coefficient (Wildman–Crippen LogP) is 2.54. The number of carbonyl (C=O) groups excluding carboxylic acids is 1. The highest BCUT2D eigenvalue weighted by Gasteiger charge is 2.41. The fourth-order valence-electron chi connectivity index (χ4n) is 3.93. The van der Waals surface area contributed by atoms with Gasteiger partial charge in [0, 0.05) is 36.5 Å². The van der Waals surface area contributed by atoms with Crippen molar-refractivity contribution in [3.63, 3.8) is 0 Å². The molecule has 0 bridgehead atoms. The number of hydrogen-bond acceptors (Lipinski definition) is 5. The molecule has 1 amide bonds. The lowest BCUT2D eigenvalue weighted by Gasteiger charge is -2.30. The first-order chi connectivity index (χ1) is 13.7. The molecule has 29 heavy (non-hydrogen) atoms. The van der Waals surface area contributed by atoms with E-state index in [1.54, 1.807) is 17.0 Å². The standard InChI is InChI=1S/C18H20ClF3N6O/c1-10-13(16(25-23-10)11-2-4-12(19)5-3-11)8-15(29)27-6-7-28-14(9-27)24-26-17(28)18(20,21)22/h2-5,10,13,16,23,25H,6-9H2,1H3. The van der Waals surface area contributed by atoms with Gasteiger partial charge in [-0.1, -0.05) is 23.7 Å². The van der Waals surface area contributed by atoms with E-state index in [1.807, 2.05) is 19.1 Å². The van der Waals surface area contributed by atoms with Gasteiger partial charge < -0.3 is 9.47 Å². The molecule has 0 aliphatic carbocycles. The molecule has 3 heterocycles. The van der Waals surface area contributed by atoms with Gasteiger partial charge in [-0.25, -0.2) is 5.43 Å². The first-order valence-electron chi connectivity index (χ1n) is 9.27. The van der Waals surface area contributed by atoms with Crippen molar-refractivity contribution in [3.05, 3.63) is 46.5 Å². The highest BCUT2D eigenvalue weighted by Crippen LogP contribution is 2.33. The Morgan fingerprint density at radius 2 is 1.93 bits per heavy atom. The number of fused-ring (bicyclic) bond motifs is 1. The van der Waals surface area contributed by atoms with Crippen LogP contribution in [0.3, 0.4) is 0 Å². The van der Waals surface area contributed by atoms with Crippen LogP contribution in [0.2, 0.25) is 5.02 Å². The van der Waals surface area contributed by atoms with E-state index in [9.17, 15) is 18.0 Å². The molecule has 3 unspecified atom stereocenters. The molecule has 1 aromatic carbocycles. The summed E-state index contributed by atoms with van der Waals surface area (Å²) in [5.41, 5.74) is 7.40. The molecule has 156 valence electrons. The zero-order valence-corrected chi connectivity index (χ0v) is 16.3. The molecule has 1 fully saturated rings. The Labute approximate surface area is 170 Å². The molecule has 1 aromatic heterocycles. The average Bonchev–Trinajstić information content (AvgIpc) is 3.26. The maximum atomic E-state index is 13.0. The molecule has 0 saturated carbocycles. The predicted molar refractivity (Wildman–Crippen MR) is 98.5 cm³/mol. The summed E-state index contributed by atoms with van der Waals surface area (Å²) in [6.07, 6.45) is -4.30. The van der Waals surface area contributed by atoms with Crippen molar-refractivity contribution >= 4 is 17.5 Å². The second kappa shape index (κ2) is 7.58. The third-order valence-corrected chi connectivity index (χ3v) is 5.79. The van der Waals surface area contributed by atoms with Crippen LogP contribution in [0.1, 0.15) is 36.6 Å². The number of nitrogens with zero attached hydrogens (tertiary/aromatic N) is 4. The Morgan fingerprint density at radius 3 is 2.62 bits per heavy atom. The monoisotopic (exact) mass is 428 g/mol. The summed E-state index contributed by atoms with van der Waals surface area (Å²) in [4.78, 5) is 14.5. The fraction of sp³-hybridized carbons (Fsp3) is 0.500. The van der Waals surface area contributed by atoms with Gasteiger partial charge >= 0.3 is 6.18 Å². The first-order valence-corrected chi connectivity index (χ1v) is 9.65. The van der Waals surface area contributed by atoms with E-state index in [4.69, 9.17) is 11.6 Å². The molecular formula is C18H20ClF3N6O. The lowest BCUT2D eigenvalue weighted by atomic mass is 9.87. The molecule has 4 rings (SSSR count). The summed E-state index contributed by atoms with van der Waals surface area (Å²) in [5.74, 6) is -0.995. The number of rotatable bonds is 3. The summed E-state index contributed by atoms with van der Waals surface area (Å²) >= 11 is 5.96. The Hall–Kier alpha value is -2.17. The van der Waals surface area contributed by atoms with Gasteiger partial charge in [0.25, 0.3) is 0 Å². The van der Waals surface area contributed by atoms with Crippen molar-refractivity contribution in [1.82, 2.24) is 30.5 Å². The number of carbonyl (C=O) groups is 1. The van der Waals surface area contributed by atoms with E-state index in [0.29, 0.717) is 5.02 Å². The minimum Gasteiger partial charge on any atom is -0.333 e. The van der Waals surface area contributed by atoms with Crippen LogP contribution < -0.4 is 10.9 Å². The van der Waals surface area contributed by atoms with Crippen molar-refractivity contribution < 1.29 is 18.0 Å². The van der Waals surface area contributed by atoms with Crippen LogP contribution in [0.5, 0.6) is 0 Å². The van der Waals surface area contributed by atoms with E-state index in [0.717, 1.165) is 10.1 Å². The van der Waals surface area contributed by atoms with Crippen LogP contribution in [0.15, 0.2) is 24.3 Å². The van der Waals surface area contributed by atoms with Gasteiger partial charge in [0.2, 0.25) is 11.7 Å². The van der Waals surface area contributed by atoms with E-state index < -0.39 is 12.0 Å². The molecular weight excluding hydrogens is 409 g/mol. The van der Waals surface area contributed by atoms with Gasteiger partial charge in [-0.2, -0.15) is 13.2 Å². The van der Waals surface area contributed by atoms with Crippen molar-refractivity contribution in [2.24, 2.45) is 5.92 Å². The molecule has 2 aliphatic heterocycles. The van der Waals surface area contributed by atoms with Crippen LogP contribution in [-0.2, 0) is 24.1 Å². The molecule has 2 N–H and O–H groups in total.